The molecule has 0 radical (unpaired) electrons. The number of aryl methyl sites for hydroxylation is 2. The molecule has 0 aliphatic heterocycles. The van der Waals surface area contributed by atoms with Crippen LogP contribution in [0.25, 0.3) is 11.4 Å². The highest BCUT2D eigenvalue weighted by atomic mass is 79.9. The lowest BCUT2D eigenvalue weighted by atomic mass is 10.2. The van der Waals surface area contributed by atoms with Gasteiger partial charge in [0.1, 0.15) is 0 Å². The molecule has 0 spiro atoms. The number of rotatable bonds is 5. The number of hydrogen-bond donors (Lipinski definition) is 1. The van der Waals surface area contributed by atoms with Crippen molar-refractivity contribution >= 4 is 27.5 Å². The second-order valence-corrected chi connectivity index (χ2v) is 6.12. The van der Waals surface area contributed by atoms with Gasteiger partial charge in [-0.15, -0.1) is 0 Å². The van der Waals surface area contributed by atoms with E-state index in [-0.39, 0.29) is 12.3 Å². The number of anilines is 1. The van der Waals surface area contributed by atoms with Gasteiger partial charge in [-0.05, 0) is 42.8 Å². The van der Waals surface area contributed by atoms with E-state index in [2.05, 4.69) is 36.4 Å². The molecule has 7 heteroatoms. The van der Waals surface area contributed by atoms with Gasteiger partial charge in [0.15, 0.2) is 0 Å². The molecule has 0 saturated heterocycles. The van der Waals surface area contributed by atoms with Crippen molar-refractivity contribution in [2.24, 2.45) is 0 Å². The van der Waals surface area contributed by atoms with Gasteiger partial charge in [0.25, 0.3) is 0 Å². The van der Waals surface area contributed by atoms with Crippen molar-refractivity contribution in [3.05, 3.63) is 58.7 Å². The normalized spacial score (nSPS) is 10.6. The summed E-state index contributed by atoms with van der Waals surface area (Å²) in [5, 5.41) is 6.77. The van der Waals surface area contributed by atoms with Gasteiger partial charge < -0.3 is 9.84 Å². The fourth-order valence-electron chi connectivity index (χ4n) is 2.14. The van der Waals surface area contributed by atoms with E-state index in [1.165, 1.54) is 0 Å². The number of aromatic nitrogens is 3. The first-order chi connectivity index (χ1) is 11.6. The maximum atomic E-state index is 12.0. The van der Waals surface area contributed by atoms with Crippen LogP contribution in [0.4, 0.5) is 5.69 Å². The minimum atomic E-state index is -0.0992. The minimum absolute atomic E-state index is 0.0992. The molecule has 24 heavy (non-hydrogen) atoms. The lowest BCUT2D eigenvalue weighted by molar-refractivity contribution is -0.116. The zero-order valence-electron chi connectivity index (χ0n) is 13.0. The molecule has 0 saturated carbocycles. The summed E-state index contributed by atoms with van der Waals surface area (Å²) in [7, 11) is 0. The second-order valence-electron chi connectivity index (χ2n) is 5.27. The molecule has 1 aromatic carbocycles. The Kier molecular flexibility index (Phi) is 5.00. The van der Waals surface area contributed by atoms with Crippen LogP contribution in [0.15, 0.2) is 51.7 Å². The van der Waals surface area contributed by atoms with Gasteiger partial charge in [0, 0.05) is 41.0 Å². The fourth-order valence-corrected chi connectivity index (χ4v) is 2.38. The minimum Gasteiger partial charge on any atom is -0.339 e. The van der Waals surface area contributed by atoms with Crippen molar-refractivity contribution in [2.75, 3.05) is 5.32 Å². The standard InChI is InChI=1S/C17H15BrN4O2/c1-11-9-13(4-5-14(11)18)20-15(23)6-7-16-21-17(22-24-16)12-3-2-8-19-10-12/h2-5,8-10H,6-7H2,1H3,(H,20,23). The average Bonchev–Trinajstić information content (AvgIpc) is 3.06. The van der Waals surface area contributed by atoms with Gasteiger partial charge in [-0.3, -0.25) is 9.78 Å². The number of amides is 1. The first-order valence-corrected chi connectivity index (χ1v) is 8.20. The van der Waals surface area contributed by atoms with Gasteiger partial charge >= 0.3 is 0 Å². The molecule has 6 nitrogen and oxygen atoms in total. The highest BCUT2D eigenvalue weighted by Gasteiger charge is 2.11. The number of carbonyl (C=O) groups excluding carboxylic acids is 1. The predicted octanol–water partition coefficient (Wildman–Crippen LogP) is 3.77. The van der Waals surface area contributed by atoms with E-state index < -0.39 is 0 Å². The van der Waals surface area contributed by atoms with Gasteiger partial charge in [-0.25, -0.2) is 0 Å². The molecule has 0 aliphatic rings. The maximum absolute atomic E-state index is 12.0. The average molecular weight is 387 g/mol. The monoisotopic (exact) mass is 386 g/mol. The van der Waals surface area contributed by atoms with Crippen LogP contribution in [0.2, 0.25) is 0 Å². The van der Waals surface area contributed by atoms with Crippen molar-refractivity contribution in [2.45, 2.75) is 19.8 Å². The number of halogens is 1. The molecule has 1 amide bonds. The topological polar surface area (TPSA) is 80.9 Å². The predicted molar refractivity (Wildman–Crippen MR) is 93.4 cm³/mol. The molecule has 3 rings (SSSR count). The van der Waals surface area contributed by atoms with E-state index >= 15 is 0 Å². The Bertz CT molecular complexity index is 849. The zero-order valence-corrected chi connectivity index (χ0v) is 14.6. The van der Waals surface area contributed by atoms with Gasteiger partial charge in [0.05, 0.1) is 0 Å². The molecule has 2 aromatic heterocycles. The molecule has 0 fully saturated rings. The van der Waals surface area contributed by atoms with Gasteiger partial charge in [0.2, 0.25) is 17.6 Å². The molecule has 0 atom stereocenters. The van der Waals surface area contributed by atoms with Gasteiger partial charge in [-0.1, -0.05) is 21.1 Å². The summed E-state index contributed by atoms with van der Waals surface area (Å²) >= 11 is 3.43. The molecule has 3 aromatic rings. The number of nitrogens with zero attached hydrogens (tertiary/aromatic N) is 3. The van der Waals surface area contributed by atoms with E-state index in [1.54, 1.807) is 18.5 Å². The Balaban J connectivity index is 1.56. The van der Waals surface area contributed by atoms with Crippen LogP contribution < -0.4 is 5.32 Å². The molecule has 1 N–H and O–H groups in total. The summed E-state index contributed by atoms with van der Waals surface area (Å²) in [6, 6.07) is 9.32. The van der Waals surface area contributed by atoms with Crippen molar-refractivity contribution < 1.29 is 9.32 Å². The first kappa shape index (κ1) is 16.3. The Morgan fingerprint density at radius 3 is 2.96 bits per heavy atom. The van der Waals surface area contributed by atoms with E-state index in [9.17, 15) is 4.79 Å². The van der Waals surface area contributed by atoms with Crippen LogP contribution in [0.5, 0.6) is 0 Å². The third-order valence-corrected chi connectivity index (χ3v) is 4.29. The smallest absolute Gasteiger partial charge is 0.227 e. The zero-order chi connectivity index (χ0) is 16.9. The number of nitrogens with one attached hydrogen (secondary N) is 1. The summed E-state index contributed by atoms with van der Waals surface area (Å²) in [6.07, 6.45) is 3.99. The lowest BCUT2D eigenvalue weighted by Crippen LogP contribution is -2.12. The Morgan fingerprint density at radius 1 is 1.33 bits per heavy atom. The van der Waals surface area contributed by atoms with E-state index in [0.717, 1.165) is 21.3 Å². The summed E-state index contributed by atoms with van der Waals surface area (Å²) in [5.41, 5.74) is 2.61. The Labute approximate surface area is 147 Å². The molecule has 2 heterocycles. The van der Waals surface area contributed by atoms with E-state index in [4.69, 9.17) is 4.52 Å². The quantitative estimate of drug-likeness (QED) is 0.721. The van der Waals surface area contributed by atoms with Crippen molar-refractivity contribution in [3.63, 3.8) is 0 Å². The molecular formula is C17H15BrN4O2. The highest BCUT2D eigenvalue weighted by molar-refractivity contribution is 9.10. The molecule has 122 valence electrons. The SMILES string of the molecule is Cc1cc(NC(=O)CCc2nc(-c3cccnc3)no2)ccc1Br. The molecule has 0 aliphatic carbocycles. The van der Waals surface area contributed by atoms with Gasteiger partial charge in [-0.2, -0.15) is 4.98 Å². The molecular weight excluding hydrogens is 372 g/mol. The van der Waals surface area contributed by atoms with E-state index in [0.29, 0.717) is 18.1 Å². The number of benzene rings is 1. The van der Waals surface area contributed by atoms with Crippen molar-refractivity contribution in [3.8, 4) is 11.4 Å². The van der Waals surface area contributed by atoms with E-state index in [1.807, 2.05) is 31.2 Å². The number of pyridine rings is 1. The third-order valence-electron chi connectivity index (χ3n) is 3.40. The second kappa shape index (κ2) is 7.35. The van der Waals surface area contributed by atoms with Crippen molar-refractivity contribution in [1.82, 2.24) is 15.1 Å². The van der Waals surface area contributed by atoms with Crippen LogP contribution in [0.1, 0.15) is 17.9 Å². The lowest BCUT2D eigenvalue weighted by Gasteiger charge is -2.06. The summed E-state index contributed by atoms with van der Waals surface area (Å²) < 4.78 is 6.19. The maximum Gasteiger partial charge on any atom is 0.227 e. The summed E-state index contributed by atoms with van der Waals surface area (Å²) in [4.78, 5) is 20.3. The highest BCUT2D eigenvalue weighted by Crippen LogP contribution is 2.20. The van der Waals surface area contributed by atoms with Crippen LogP contribution in [-0.2, 0) is 11.2 Å². The molecule has 0 unspecified atom stereocenters. The first-order valence-electron chi connectivity index (χ1n) is 7.41. The van der Waals surface area contributed by atoms with Crippen LogP contribution in [0.3, 0.4) is 0 Å². The largest absolute Gasteiger partial charge is 0.339 e. The summed E-state index contributed by atoms with van der Waals surface area (Å²) in [6.45, 7) is 1.97. The third kappa shape index (κ3) is 4.05. The summed E-state index contributed by atoms with van der Waals surface area (Å²) in [5.74, 6) is 0.802. The Hall–Kier alpha value is -2.54. The van der Waals surface area contributed by atoms with Crippen LogP contribution in [0, 0.1) is 6.92 Å². The van der Waals surface area contributed by atoms with Crippen molar-refractivity contribution in [1.29, 1.82) is 0 Å². The number of carbonyl (C=O) groups is 1. The fraction of sp³-hybridized carbons (Fsp3) is 0.176. The van der Waals surface area contributed by atoms with Crippen LogP contribution >= 0.6 is 15.9 Å². The molecule has 0 bridgehead atoms. The Morgan fingerprint density at radius 2 is 2.21 bits per heavy atom. The van der Waals surface area contributed by atoms with Crippen LogP contribution in [-0.4, -0.2) is 21.0 Å². The number of hydrogen-bond acceptors (Lipinski definition) is 5.